The van der Waals surface area contributed by atoms with Gasteiger partial charge in [0, 0.05) is 18.3 Å². The third kappa shape index (κ3) is 3.13. The van der Waals surface area contributed by atoms with Crippen molar-refractivity contribution in [1.29, 1.82) is 5.26 Å². The summed E-state index contributed by atoms with van der Waals surface area (Å²) in [5, 5.41) is 16.4. The average Bonchev–Trinajstić information content (AvgIpc) is 3.43. The fraction of sp³-hybridized carbons (Fsp3) is 0.304. The second-order valence-electron chi connectivity index (χ2n) is 8.14. The van der Waals surface area contributed by atoms with Crippen LogP contribution in [0.5, 0.6) is 5.75 Å². The molecule has 0 aromatic heterocycles. The van der Waals surface area contributed by atoms with Crippen LogP contribution in [0.2, 0.25) is 0 Å². The normalized spacial score (nSPS) is 25.2. The summed E-state index contributed by atoms with van der Waals surface area (Å²) in [5.41, 5.74) is 7.48. The summed E-state index contributed by atoms with van der Waals surface area (Å²) in [4.78, 5) is 14.9. The first-order chi connectivity index (χ1) is 16.2. The fourth-order valence-corrected chi connectivity index (χ4v) is 4.48. The summed E-state index contributed by atoms with van der Waals surface area (Å²) in [6.45, 7) is 3.98. The zero-order chi connectivity index (χ0) is 22.4. The molecule has 33 heavy (non-hydrogen) atoms. The van der Waals surface area contributed by atoms with E-state index in [0.717, 1.165) is 39.9 Å². The minimum Gasteiger partial charge on any atom is -0.471 e. The van der Waals surface area contributed by atoms with Crippen LogP contribution in [-0.2, 0) is 9.57 Å². The number of ether oxygens (including phenoxy) is 2. The van der Waals surface area contributed by atoms with Crippen molar-refractivity contribution in [3.8, 4) is 11.8 Å². The number of fused-ring (bicyclic) bond motifs is 3. The highest BCUT2D eigenvalue weighted by molar-refractivity contribution is 5.85. The molecule has 10 nitrogen and oxygen atoms in total. The first-order valence-electron chi connectivity index (χ1n) is 10.8. The third-order valence-electron chi connectivity index (χ3n) is 6.12. The Morgan fingerprint density at radius 3 is 3.09 bits per heavy atom. The largest absolute Gasteiger partial charge is 0.471 e. The van der Waals surface area contributed by atoms with Gasteiger partial charge in [-0.3, -0.25) is 4.90 Å². The maximum absolute atomic E-state index is 9.65. The standard InChI is InChI=1S/C23H23N7O3/c1-15-12-26-23(27-18-4-2-3-5-20(18)29-8-9-31-13-17(29)11-24)30(22(15)28-33-23)16-6-7-21-19(10-16)25-14-32-21/h2-7,10,12,17,25,27-28H,8-9,13-14H2,1H3. The van der Waals surface area contributed by atoms with Crippen LogP contribution in [0.25, 0.3) is 0 Å². The van der Waals surface area contributed by atoms with E-state index < -0.39 is 5.97 Å². The first-order valence-corrected chi connectivity index (χ1v) is 10.8. The molecule has 4 aliphatic heterocycles. The molecule has 2 unspecified atom stereocenters. The Bertz CT molecular complexity index is 1210. The molecule has 2 atom stereocenters. The van der Waals surface area contributed by atoms with Crippen LogP contribution in [0.1, 0.15) is 6.92 Å². The quantitative estimate of drug-likeness (QED) is 0.655. The van der Waals surface area contributed by atoms with Gasteiger partial charge in [0.25, 0.3) is 0 Å². The molecular weight excluding hydrogens is 422 g/mol. The lowest BCUT2D eigenvalue weighted by molar-refractivity contribution is -0.0214. The van der Waals surface area contributed by atoms with E-state index in [-0.39, 0.29) is 6.04 Å². The van der Waals surface area contributed by atoms with Gasteiger partial charge in [-0.2, -0.15) is 5.26 Å². The topological polar surface area (TPSA) is 106 Å². The molecule has 2 aromatic carbocycles. The lowest BCUT2D eigenvalue weighted by Crippen LogP contribution is -2.52. The Labute approximate surface area is 191 Å². The number of anilines is 4. The van der Waals surface area contributed by atoms with E-state index in [1.54, 1.807) is 6.21 Å². The zero-order valence-corrected chi connectivity index (χ0v) is 18.0. The molecule has 0 radical (unpaired) electrons. The van der Waals surface area contributed by atoms with Gasteiger partial charge in [0.05, 0.1) is 42.0 Å². The number of morpholine rings is 1. The maximum atomic E-state index is 9.65. The fourth-order valence-electron chi connectivity index (χ4n) is 4.48. The van der Waals surface area contributed by atoms with E-state index >= 15 is 0 Å². The molecule has 3 N–H and O–H groups in total. The van der Waals surface area contributed by atoms with Crippen molar-refractivity contribution in [1.82, 2.24) is 5.48 Å². The third-order valence-corrected chi connectivity index (χ3v) is 6.12. The molecule has 10 heteroatoms. The van der Waals surface area contributed by atoms with E-state index in [1.165, 1.54) is 0 Å². The molecule has 6 rings (SSSR count). The summed E-state index contributed by atoms with van der Waals surface area (Å²) in [7, 11) is 0. The molecule has 4 heterocycles. The van der Waals surface area contributed by atoms with Crippen LogP contribution in [0.3, 0.4) is 0 Å². The molecule has 2 saturated heterocycles. The molecule has 0 saturated carbocycles. The number of nitriles is 1. The van der Waals surface area contributed by atoms with Crippen molar-refractivity contribution in [3.63, 3.8) is 0 Å². The molecular formula is C23H23N7O3. The van der Waals surface area contributed by atoms with Crippen LogP contribution >= 0.6 is 0 Å². The molecule has 0 aliphatic carbocycles. The number of aliphatic imine (C=N–C) groups is 1. The maximum Gasteiger partial charge on any atom is 0.351 e. The van der Waals surface area contributed by atoms with Gasteiger partial charge >= 0.3 is 5.97 Å². The molecule has 0 amide bonds. The van der Waals surface area contributed by atoms with Crippen molar-refractivity contribution in [2.75, 3.05) is 46.9 Å². The number of para-hydroxylation sites is 2. The summed E-state index contributed by atoms with van der Waals surface area (Å²) >= 11 is 0. The highest BCUT2D eigenvalue weighted by Crippen LogP contribution is 2.43. The second-order valence-corrected chi connectivity index (χ2v) is 8.14. The first kappa shape index (κ1) is 19.7. The number of hydrogen-bond donors (Lipinski definition) is 3. The van der Waals surface area contributed by atoms with E-state index in [2.05, 4.69) is 27.1 Å². The van der Waals surface area contributed by atoms with E-state index in [1.807, 2.05) is 54.3 Å². The summed E-state index contributed by atoms with van der Waals surface area (Å²) in [6, 6.07) is 15.8. The number of nitrogens with zero attached hydrogens (tertiary/aromatic N) is 4. The van der Waals surface area contributed by atoms with Crippen LogP contribution < -0.4 is 30.7 Å². The number of hydrogen-bond acceptors (Lipinski definition) is 10. The molecule has 2 fully saturated rings. The minimum absolute atomic E-state index is 0.367. The van der Waals surface area contributed by atoms with E-state index in [0.29, 0.717) is 26.5 Å². The highest BCUT2D eigenvalue weighted by atomic mass is 16.7. The van der Waals surface area contributed by atoms with Gasteiger partial charge < -0.3 is 25.0 Å². The van der Waals surface area contributed by atoms with Gasteiger partial charge in [-0.1, -0.05) is 12.1 Å². The van der Waals surface area contributed by atoms with Gasteiger partial charge in [-0.05, 0) is 37.3 Å². The van der Waals surface area contributed by atoms with E-state index in [4.69, 9.17) is 19.3 Å². The zero-order valence-electron chi connectivity index (χ0n) is 18.0. The average molecular weight is 445 g/mol. The Hall–Kier alpha value is -3.94. The Morgan fingerprint density at radius 2 is 2.18 bits per heavy atom. The van der Waals surface area contributed by atoms with Crippen molar-refractivity contribution in [2.24, 2.45) is 4.99 Å². The van der Waals surface area contributed by atoms with Crippen LogP contribution in [-0.4, -0.2) is 44.7 Å². The summed E-state index contributed by atoms with van der Waals surface area (Å²) < 4.78 is 11.1. The van der Waals surface area contributed by atoms with Crippen molar-refractivity contribution in [2.45, 2.75) is 18.9 Å². The van der Waals surface area contributed by atoms with Crippen LogP contribution in [0.15, 0.2) is 58.9 Å². The van der Waals surface area contributed by atoms with Crippen LogP contribution in [0.4, 0.5) is 22.7 Å². The SMILES string of the molecule is CC1=C2NOC(Nc3ccccc3N3CCOCC3C#N)(N=C1)N2c1ccc2c(c1)NCO2. The Kier molecular flexibility index (Phi) is 4.53. The van der Waals surface area contributed by atoms with Gasteiger partial charge in [-0.25, -0.2) is 15.3 Å². The predicted molar refractivity (Wildman–Crippen MR) is 124 cm³/mol. The van der Waals surface area contributed by atoms with Gasteiger partial charge in [0.15, 0.2) is 6.73 Å². The highest BCUT2D eigenvalue weighted by Gasteiger charge is 2.50. The Balaban J connectivity index is 1.40. The Morgan fingerprint density at radius 1 is 1.27 bits per heavy atom. The minimum atomic E-state index is -1.24. The van der Waals surface area contributed by atoms with Crippen molar-refractivity contribution >= 4 is 29.0 Å². The summed E-state index contributed by atoms with van der Waals surface area (Å²) in [5.74, 6) is 0.371. The number of rotatable bonds is 4. The van der Waals surface area contributed by atoms with Gasteiger partial charge in [-0.15, -0.1) is 0 Å². The van der Waals surface area contributed by atoms with Crippen LogP contribution in [0, 0.1) is 11.3 Å². The lowest BCUT2D eigenvalue weighted by atomic mass is 10.1. The number of allylic oxidation sites excluding steroid dienone is 1. The lowest BCUT2D eigenvalue weighted by Gasteiger charge is -2.39. The monoisotopic (exact) mass is 445 g/mol. The molecule has 2 bridgehead atoms. The van der Waals surface area contributed by atoms with Gasteiger partial charge in [0.1, 0.15) is 17.6 Å². The second kappa shape index (κ2) is 7.58. The number of benzene rings is 2. The number of nitrogens with one attached hydrogen (secondary N) is 3. The predicted octanol–water partition coefficient (Wildman–Crippen LogP) is 2.56. The number of hydroxylamine groups is 1. The van der Waals surface area contributed by atoms with Crippen molar-refractivity contribution in [3.05, 3.63) is 53.9 Å². The summed E-state index contributed by atoms with van der Waals surface area (Å²) in [6.07, 6.45) is 1.79. The molecule has 168 valence electrons. The molecule has 0 spiro atoms. The smallest absolute Gasteiger partial charge is 0.351 e. The molecule has 2 aromatic rings. The van der Waals surface area contributed by atoms with Gasteiger partial charge in [0.2, 0.25) is 0 Å². The van der Waals surface area contributed by atoms with E-state index in [9.17, 15) is 5.26 Å². The molecule has 4 aliphatic rings. The van der Waals surface area contributed by atoms with Crippen molar-refractivity contribution < 1.29 is 14.3 Å².